The van der Waals surface area contributed by atoms with E-state index in [0.29, 0.717) is 23.3 Å². The third-order valence-electron chi connectivity index (χ3n) is 4.94. The first-order valence-electron chi connectivity index (χ1n) is 9.58. The van der Waals surface area contributed by atoms with Gasteiger partial charge in [0.1, 0.15) is 5.75 Å². The fourth-order valence-electron chi connectivity index (χ4n) is 3.30. The number of rotatable bonds is 7. The standard InChI is InChI=1S/C23H25ClO3/c1-3-5-8-16(4-2)15-26-23(25)27-22-20-10-7-6-9-17(20)13-18-11-12-19(24)14-21(18)22/h6-7,9-14,16H,3-5,8,15H2,1-2H3. The van der Waals surface area contributed by atoms with Crippen molar-refractivity contribution in [1.29, 1.82) is 0 Å². The summed E-state index contributed by atoms with van der Waals surface area (Å²) in [6.45, 7) is 4.67. The third-order valence-corrected chi connectivity index (χ3v) is 5.18. The molecule has 3 aromatic carbocycles. The molecule has 0 fully saturated rings. The van der Waals surface area contributed by atoms with Crippen LogP contribution in [0.5, 0.6) is 5.75 Å². The lowest BCUT2D eigenvalue weighted by Gasteiger charge is -2.16. The zero-order valence-electron chi connectivity index (χ0n) is 15.8. The van der Waals surface area contributed by atoms with Crippen LogP contribution in [0.25, 0.3) is 21.5 Å². The van der Waals surface area contributed by atoms with Crippen LogP contribution in [0.4, 0.5) is 4.79 Å². The smallest absolute Gasteiger partial charge is 0.434 e. The highest BCUT2D eigenvalue weighted by Gasteiger charge is 2.16. The average Bonchev–Trinajstić information content (AvgIpc) is 2.68. The van der Waals surface area contributed by atoms with Crippen LogP contribution in [0, 0.1) is 5.92 Å². The fourth-order valence-corrected chi connectivity index (χ4v) is 3.47. The van der Waals surface area contributed by atoms with Crippen LogP contribution in [0.15, 0.2) is 48.5 Å². The molecule has 1 atom stereocenters. The van der Waals surface area contributed by atoms with Crippen molar-refractivity contribution in [1.82, 2.24) is 0 Å². The Bertz CT molecular complexity index is 935. The van der Waals surface area contributed by atoms with Gasteiger partial charge in [0, 0.05) is 15.8 Å². The minimum absolute atomic E-state index is 0.371. The molecular weight excluding hydrogens is 360 g/mol. The molecule has 3 aromatic rings. The van der Waals surface area contributed by atoms with Crippen molar-refractivity contribution in [2.24, 2.45) is 5.92 Å². The molecule has 0 amide bonds. The molecule has 0 aliphatic rings. The quantitative estimate of drug-likeness (QED) is 0.242. The second-order valence-electron chi connectivity index (χ2n) is 6.87. The SMILES string of the molecule is CCCCC(CC)COC(=O)Oc1c2ccccc2cc2ccc(Cl)cc12. The molecule has 0 spiro atoms. The van der Waals surface area contributed by atoms with Gasteiger partial charge in [-0.15, -0.1) is 0 Å². The lowest BCUT2D eigenvalue weighted by Crippen LogP contribution is -2.17. The summed E-state index contributed by atoms with van der Waals surface area (Å²) >= 11 is 6.18. The van der Waals surface area contributed by atoms with Crippen molar-refractivity contribution >= 4 is 39.3 Å². The van der Waals surface area contributed by atoms with E-state index in [4.69, 9.17) is 21.1 Å². The molecule has 0 saturated carbocycles. The van der Waals surface area contributed by atoms with Gasteiger partial charge in [-0.2, -0.15) is 0 Å². The Morgan fingerprint density at radius 1 is 1.04 bits per heavy atom. The van der Waals surface area contributed by atoms with Crippen LogP contribution in [0.2, 0.25) is 5.02 Å². The molecule has 142 valence electrons. The molecule has 0 aliphatic heterocycles. The maximum atomic E-state index is 12.4. The van der Waals surface area contributed by atoms with E-state index in [1.807, 2.05) is 42.5 Å². The van der Waals surface area contributed by atoms with Crippen LogP contribution in [-0.2, 0) is 4.74 Å². The van der Waals surface area contributed by atoms with E-state index in [2.05, 4.69) is 19.9 Å². The van der Waals surface area contributed by atoms with Crippen molar-refractivity contribution in [3.8, 4) is 5.75 Å². The first kappa shape index (κ1) is 19.5. The topological polar surface area (TPSA) is 35.5 Å². The summed E-state index contributed by atoms with van der Waals surface area (Å²) < 4.78 is 11.1. The molecule has 0 bridgehead atoms. The highest BCUT2D eigenvalue weighted by Crippen LogP contribution is 2.36. The zero-order valence-corrected chi connectivity index (χ0v) is 16.6. The van der Waals surface area contributed by atoms with E-state index < -0.39 is 6.16 Å². The number of unbranched alkanes of at least 4 members (excludes halogenated alkanes) is 1. The van der Waals surface area contributed by atoms with Crippen LogP contribution >= 0.6 is 11.6 Å². The molecule has 3 rings (SSSR count). The van der Waals surface area contributed by atoms with E-state index in [0.717, 1.165) is 47.2 Å². The second-order valence-corrected chi connectivity index (χ2v) is 7.31. The molecular formula is C23H25ClO3. The predicted molar refractivity (Wildman–Crippen MR) is 112 cm³/mol. The van der Waals surface area contributed by atoms with Crippen LogP contribution in [-0.4, -0.2) is 12.8 Å². The van der Waals surface area contributed by atoms with E-state index in [1.165, 1.54) is 0 Å². The predicted octanol–water partition coefficient (Wildman–Crippen LogP) is 7.38. The number of carbonyl (C=O) groups is 1. The highest BCUT2D eigenvalue weighted by atomic mass is 35.5. The molecule has 4 heteroatoms. The Labute approximate surface area is 165 Å². The molecule has 0 radical (unpaired) electrons. The molecule has 0 N–H and O–H groups in total. The van der Waals surface area contributed by atoms with E-state index in [1.54, 1.807) is 0 Å². The molecule has 0 aliphatic carbocycles. The van der Waals surface area contributed by atoms with E-state index in [-0.39, 0.29) is 0 Å². The Kier molecular flexibility index (Phi) is 6.57. The Balaban J connectivity index is 1.86. The molecule has 0 saturated heterocycles. The largest absolute Gasteiger partial charge is 0.513 e. The zero-order chi connectivity index (χ0) is 19.2. The number of benzene rings is 3. The van der Waals surface area contributed by atoms with Gasteiger partial charge < -0.3 is 9.47 Å². The highest BCUT2D eigenvalue weighted by molar-refractivity contribution is 6.31. The van der Waals surface area contributed by atoms with E-state index in [9.17, 15) is 4.79 Å². The average molecular weight is 385 g/mol. The van der Waals surface area contributed by atoms with Gasteiger partial charge >= 0.3 is 6.16 Å². The minimum atomic E-state index is -0.664. The van der Waals surface area contributed by atoms with Crippen molar-refractivity contribution in [3.63, 3.8) is 0 Å². The second kappa shape index (κ2) is 9.09. The van der Waals surface area contributed by atoms with Crippen LogP contribution < -0.4 is 4.74 Å². The Morgan fingerprint density at radius 2 is 1.81 bits per heavy atom. The summed E-state index contributed by atoms with van der Waals surface area (Å²) in [5.41, 5.74) is 0. The third kappa shape index (κ3) is 4.72. The van der Waals surface area contributed by atoms with Gasteiger partial charge in [0.2, 0.25) is 0 Å². The lowest BCUT2D eigenvalue weighted by molar-refractivity contribution is 0.0820. The molecule has 0 aromatic heterocycles. The normalized spacial score (nSPS) is 12.3. The summed E-state index contributed by atoms with van der Waals surface area (Å²) in [5.74, 6) is 0.869. The van der Waals surface area contributed by atoms with Crippen molar-refractivity contribution in [2.75, 3.05) is 6.61 Å². The molecule has 27 heavy (non-hydrogen) atoms. The summed E-state index contributed by atoms with van der Waals surface area (Å²) in [4.78, 5) is 12.4. The van der Waals surface area contributed by atoms with Gasteiger partial charge in [0.05, 0.1) is 6.61 Å². The first-order chi connectivity index (χ1) is 13.1. The van der Waals surface area contributed by atoms with Gasteiger partial charge in [0.25, 0.3) is 0 Å². The van der Waals surface area contributed by atoms with Crippen molar-refractivity contribution in [2.45, 2.75) is 39.5 Å². The van der Waals surface area contributed by atoms with Crippen molar-refractivity contribution in [3.05, 3.63) is 53.6 Å². The van der Waals surface area contributed by atoms with E-state index >= 15 is 0 Å². The Hall–Kier alpha value is -2.26. The summed E-state index contributed by atoms with van der Waals surface area (Å²) in [6.07, 6.45) is 3.67. The maximum Gasteiger partial charge on any atom is 0.513 e. The number of ether oxygens (including phenoxy) is 2. The maximum absolute atomic E-state index is 12.4. The number of halogens is 1. The number of hydrogen-bond donors (Lipinski definition) is 0. The molecule has 0 heterocycles. The summed E-state index contributed by atoms with van der Waals surface area (Å²) in [6, 6.07) is 15.5. The van der Waals surface area contributed by atoms with Crippen LogP contribution in [0.1, 0.15) is 39.5 Å². The first-order valence-corrected chi connectivity index (χ1v) is 9.95. The van der Waals surface area contributed by atoms with Gasteiger partial charge in [0.15, 0.2) is 0 Å². The van der Waals surface area contributed by atoms with Gasteiger partial charge in [-0.3, -0.25) is 0 Å². The molecule has 3 nitrogen and oxygen atoms in total. The minimum Gasteiger partial charge on any atom is -0.434 e. The summed E-state index contributed by atoms with van der Waals surface area (Å²) in [5, 5.41) is 4.24. The fraction of sp³-hybridized carbons (Fsp3) is 0.348. The number of carbonyl (C=O) groups excluding carboxylic acids is 1. The number of hydrogen-bond acceptors (Lipinski definition) is 3. The lowest BCUT2D eigenvalue weighted by atomic mass is 10.0. The van der Waals surface area contributed by atoms with Crippen molar-refractivity contribution < 1.29 is 14.3 Å². The van der Waals surface area contributed by atoms with Gasteiger partial charge in [-0.05, 0) is 41.3 Å². The molecule has 1 unspecified atom stereocenters. The summed E-state index contributed by atoms with van der Waals surface area (Å²) in [7, 11) is 0. The van der Waals surface area contributed by atoms with Gasteiger partial charge in [-0.25, -0.2) is 4.79 Å². The van der Waals surface area contributed by atoms with Gasteiger partial charge in [-0.1, -0.05) is 75.0 Å². The van der Waals surface area contributed by atoms with Crippen LogP contribution in [0.3, 0.4) is 0 Å². The monoisotopic (exact) mass is 384 g/mol. The number of fused-ring (bicyclic) bond motifs is 2. The Morgan fingerprint density at radius 3 is 2.59 bits per heavy atom.